The van der Waals surface area contributed by atoms with E-state index in [1.165, 1.54) is 0 Å². The van der Waals surface area contributed by atoms with Crippen LogP contribution in [0.4, 0.5) is 0 Å². The van der Waals surface area contributed by atoms with Crippen molar-refractivity contribution in [1.29, 1.82) is 0 Å². The molecular weight excluding hydrogens is 128 g/mol. The minimum absolute atomic E-state index is 0.681. The lowest BCUT2D eigenvalue weighted by molar-refractivity contribution is 0.415. The Morgan fingerprint density at radius 1 is 1.70 bits per heavy atom. The van der Waals surface area contributed by atoms with Gasteiger partial charge in [-0.1, -0.05) is 0 Å². The summed E-state index contributed by atoms with van der Waals surface area (Å²) in [5.41, 5.74) is 0. The van der Waals surface area contributed by atoms with E-state index in [2.05, 4.69) is 4.99 Å². The molecule has 0 aliphatic carbocycles. The van der Waals surface area contributed by atoms with E-state index in [0.29, 0.717) is 13.2 Å². The van der Waals surface area contributed by atoms with Gasteiger partial charge in [0.15, 0.2) is 0 Å². The van der Waals surface area contributed by atoms with Gasteiger partial charge in [-0.05, 0) is 12.2 Å². The summed E-state index contributed by atoms with van der Waals surface area (Å²) in [6, 6.07) is 0. The maximum Gasteiger partial charge on any atom is 0.110 e. The summed E-state index contributed by atoms with van der Waals surface area (Å²) >= 11 is 0. The van der Waals surface area contributed by atoms with Crippen molar-refractivity contribution in [1.82, 2.24) is 4.90 Å². The predicted octanol–water partition coefficient (Wildman–Crippen LogP) is 0.916. The van der Waals surface area contributed by atoms with E-state index in [1.54, 1.807) is 12.3 Å². The monoisotopic (exact) mass is 138 g/mol. The second kappa shape index (κ2) is 3.71. The second-order valence-corrected chi connectivity index (χ2v) is 1.97. The van der Waals surface area contributed by atoms with Crippen LogP contribution in [0.5, 0.6) is 0 Å². The first kappa shape index (κ1) is 6.86. The van der Waals surface area contributed by atoms with E-state index >= 15 is 0 Å². The quantitative estimate of drug-likeness (QED) is 0.576. The Hall–Kier alpha value is -1.25. The molecule has 1 aliphatic heterocycles. The van der Waals surface area contributed by atoms with Gasteiger partial charge >= 0.3 is 0 Å². The zero-order valence-electron chi connectivity index (χ0n) is 5.64. The van der Waals surface area contributed by atoms with Crippen LogP contribution in [0.1, 0.15) is 0 Å². The Balaban J connectivity index is 2.30. The first-order chi connectivity index (χ1) is 4.93. The smallest absolute Gasteiger partial charge is 0.110 e. The van der Waals surface area contributed by atoms with Crippen LogP contribution in [-0.2, 0) is 0 Å². The molecule has 54 valence electrons. The lowest BCUT2D eigenvalue weighted by Gasteiger charge is -2.16. The minimum Gasteiger partial charge on any atom is -0.516 e. The Labute approximate surface area is 60.0 Å². The van der Waals surface area contributed by atoms with Crippen LogP contribution in [0.3, 0.4) is 0 Å². The summed E-state index contributed by atoms with van der Waals surface area (Å²) in [7, 11) is 0. The van der Waals surface area contributed by atoms with Crippen molar-refractivity contribution in [2.75, 3.05) is 13.2 Å². The molecule has 1 heterocycles. The summed E-state index contributed by atoms with van der Waals surface area (Å²) in [5, 5.41) is 8.33. The van der Waals surface area contributed by atoms with Crippen molar-refractivity contribution >= 4 is 6.21 Å². The van der Waals surface area contributed by atoms with Crippen molar-refractivity contribution in [2.45, 2.75) is 0 Å². The summed E-state index contributed by atoms with van der Waals surface area (Å²) in [6.45, 7) is 1.39. The third-order valence-corrected chi connectivity index (χ3v) is 1.20. The standard InChI is InChI=1S/C7H10N2O/c10-6-2-5-9-4-1-3-8-7-9/h1-4,6,10H,5,7H2. The fourth-order valence-corrected chi connectivity index (χ4v) is 0.721. The first-order valence-electron chi connectivity index (χ1n) is 3.13. The molecule has 0 spiro atoms. The Morgan fingerprint density at radius 2 is 2.60 bits per heavy atom. The molecule has 3 heteroatoms. The minimum atomic E-state index is 0.681. The molecule has 0 aromatic rings. The topological polar surface area (TPSA) is 35.8 Å². The first-order valence-corrected chi connectivity index (χ1v) is 3.13. The third kappa shape index (κ3) is 1.93. The lowest BCUT2D eigenvalue weighted by Crippen LogP contribution is -2.19. The van der Waals surface area contributed by atoms with Gasteiger partial charge in [-0.25, -0.2) is 0 Å². The molecule has 1 N–H and O–H groups in total. The lowest BCUT2D eigenvalue weighted by atomic mass is 10.5. The summed E-state index contributed by atoms with van der Waals surface area (Å²) in [4.78, 5) is 5.99. The van der Waals surface area contributed by atoms with Crippen molar-refractivity contribution in [3.8, 4) is 0 Å². The number of nitrogens with zero attached hydrogens (tertiary/aromatic N) is 2. The van der Waals surface area contributed by atoms with Crippen molar-refractivity contribution in [2.24, 2.45) is 4.99 Å². The Morgan fingerprint density at radius 3 is 3.20 bits per heavy atom. The number of aliphatic hydroxyl groups excluding tert-OH is 1. The van der Waals surface area contributed by atoms with Crippen LogP contribution >= 0.6 is 0 Å². The van der Waals surface area contributed by atoms with E-state index in [0.717, 1.165) is 6.26 Å². The normalized spacial score (nSPS) is 17.0. The number of hydrogen-bond acceptors (Lipinski definition) is 3. The van der Waals surface area contributed by atoms with Gasteiger partial charge in [0.25, 0.3) is 0 Å². The summed E-state index contributed by atoms with van der Waals surface area (Å²) in [5.74, 6) is 0. The van der Waals surface area contributed by atoms with Gasteiger partial charge < -0.3 is 10.0 Å². The SMILES string of the molecule is OC=CCN1C=CC=NC1. The maximum atomic E-state index is 8.33. The average molecular weight is 138 g/mol. The number of rotatable bonds is 2. The molecule has 0 unspecified atom stereocenters. The highest BCUT2D eigenvalue weighted by molar-refractivity contribution is 5.71. The highest BCUT2D eigenvalue weighted by Crippen LogP contribution is 1.94. The molecule has 0 aromatic carbocycles. The number of allylic oxidation sites excluding steroid dienone is 1. The van der Waals surface area contributed by atoms with Crippen LogP contribution in [0, 0.1) is 0 Å². The molecule has 0 fully saturated rings. The third-order valence-electron chi connectivity index (χ3n) is 1.20. The van der Waals surface area contributed by atoms with E-state index in [9.17, 15) is 0 Å². The molecule has 0 bridgehead atoms. The van der Waals surface area contributed by atoms with E-state index in [-0.39, 0.29) is 0 Å². The van der Waals surface area contributed by atoms with Gasteiger partial charge in [-0.15, -0.1) is 0 Å². The van der Waals surface area contributed by atoms with Crippen molar-refractivity contribution in [3.63, 3.8) is 0 Å². The van der Waals surface area contributed by atoms with Gasteiger partial charge in [-0.2, -0.15) is 0 Å². The summed E-state index contributed by atoms with van der Waals surface area (Å²) < 4.78 is 0. The molecule has 0 amide bonds. The highest BCUT2D eigenvalue weighted by atomic mass is 16.2. The van der Waals surface area contributed by atoms with Crippen LogP contribution in [0.25, 0.3) is 0 Å². The van der Waals surface area contributed by atoms with Gasteiger partial charge in [0.1, 0.15) is 6.67 Å². The van der Waals surface area contributed by atoms with E-state index in [1.807, 2.05) is 17.2 Å². The van der Waals surface area contributed by atoms with Gasteiger partial charge in [0.05, 0.1) is 6.26 Å². The number of aliphatic hydroxyl groups is 1. The molecule has 0 saturated heterocycles. The number of hydrogen-bond donors (Lipinski definition) is 1. The fraction of sp³-hybridized carbons (Fsp3) is 0.286. The van der Waals surface area contributed by atoms with Crippen LogP contribution in [0.15, 0.2) is 29.6 Å². The van der Waals surface area contributed by atoms with E-state index < -0.39 is 0 Å². The second-order valence-electron chi connectivity index (χ2n) is 1.97. The summed E-state index contributed by atoms with van der Waals surface area (Å²) in [6.07, 6.45) is 8.29. The van der Waals surface area contributed by atoms with Gasteiger partial charge in [0, 0.05) is 19.0 Å². The highest BCUT2D eigenvalue weighted by Gasteiger charge is 1.94. The molecule has 1 aliphatic rings. The predicted molar refractivity (Wildman–Crippen MR) is 41.0 cm³/mol. The maximum absolute atomic E-state index is 8.33. The molecule has 0 radical (unpaired) electrons. The molecule has 0 atom stereocenters. The number of aliphatic imine (C=N–C) groups is 1. The average Bonchev–Trinajstić information content (AvgIpc) is 2.03. The molecule has 0 saturated carbocycles. The Kier molecular flexibility index (Phi) is 2.55. The van der Waals surface area contributed by atoms with E-state index in [4.69, 9.17) is 5.11 Å². The van der Waals surface area contributed by atoms with Crippen LogP contribution in [0.2, 0.25) is 0 Å². The molecule has 3 nitrogen and oxygen atoms in total. The molecule has 1 rings (SSSR count). The van der Waals surface area contributed by atoms with Gasteiger partial charge in [-0.3, -0.25) is 4.99 Å². The van der Waals surface area contributed by atoms with Crippen molar-refractivity contribution in [3.05, 3.63) is 24.6 Å². The van der Waals surface area contributed by atoms with Crippen molar-refractivity contribution < 1.29 is 5.11 Å². The van der Waals surface area contributed by atoms with Crippen LogP contribution < -0.4 is 0 Å². The molecular formula is C7H10N2O. The Bertz CT molecular complexity index is 172. The fourth-order valence-electron chi connectivity index (χ4n) is 0.721. The largest absolute Gasteiger partial charge is 0.516 e. The zero-order chi connectivity index (χ0) is 7.23. The van der Waals surface area contributed by atoms with Crippen LogP contribution in [-0.4, -0.2) is 29.4 Å². The zero-order valence-corrected chi connectivity index (χ0v) is 5.64. The molecule has 0 aromatic heterocycles. The van der Waals surface area contributed by atoms with Gasteiger partial charge in [0.2, 0.25) is 0 Å². The molecule has 10 heavy (non-hydrogen) atoms.